The van der Waals surface area contributed by atoms with E-state index in [2.05, 4.69) is 13.2 Å². The summed E-state index contributed by atoms with van der Waals surface area (Å²) in [4.78, 5) is 79.5. The lowest BCUT2D eigenvalue weighted by atomic mass is 9.77. The van der Waals surface area contributed by atoms with Gasteiger partial charge in [-0.3, -0.25) is 0 Å². The molecule has 0 aromatic carbocycles. The van der Waals surface area contributed by atoms with Crippen LogP contribution in [0, 0.1) is 5.41 Å². The van der Waals surface area contributed by atoms with Crippen molar-refractivity contribution in [2.24, 2.45) is 5.41 Å². The third kappa shape index (κ3) is 7.07. The molecule has 2 heterocycles. The van der Waals surface area contributed by atoms with Crippen LogP contribution >= 0.6 is 0 Å². The Hall–Kier alpha value is -3.78. The lowest BCUT2D eigenvalue weighted by Crippen LogP contribution is -2.60. The molecule has 0 fully saturated rings. The van der Waals surface area contributed by atoms with Crippen molar-refractivity contribution in [3.8, 4) is 0 Å². The van der Waals surface area contributed by atoms with Crippen LogP contribution < -0.4 is 34.1 Å². The number of aromatic nitrogens is 6. The van der Waals surface area contributed by atoms with Gasteiger partial charge in [-0.05, 0) is 38.5 Å². The van der Waals surface area contributed by atoms with Gasteiger partial charge < -0.3 is 10.2 Å². The van der Waals surface area contributed by atoms with E-state index in [1.165, 1.54) is 12.2 Å². The highest BCUT2D eigenvalue weighted by Crippen LogP contribution is 2.32. The van der Waals surface area contributed by atoms with Crippen LogP contribution in [0.5, 0.6) is 0 Å². The van der Waals surface area contributed by atoms with Crippen molar-refractivity contribution in [1.29, 1.82) is 0 Å². The molecule has 43 heavy (non-hydrogen) atoms. The minimum atomic E-state index is -1.64. The highest BCUT2D eigenvalue weighted by Gasteiger charge is 2.32. The number of aliphatic hydroxyl groups excluding tert-OH is 2. The lowest BCUT2D eigenvalue weighted by Gasteiger charge is -2.33. The van der Waals surface area contributed by atoms with Crippen LogP contribution in [0.4, 0.5) is 0 Å². The Morgan fingerprint density at radius 1 is 0.651 bits per heavy atom. The van der Waals surface area contributed by atoms with Crippen molar-refractivity contribution in [1.82, 2.24) is 27.4 Å². The second-order valence-electron chi connectivity index (χ2n) is 11.8. The molecule has 3 atom stereocenters. The molecule has 2 N–H and O–H groups in total. The average molecular weight is 607 g/mol. The summed E-state index contributed by atoms with van der Waals surface area (Å²) < 4.78 is 4.55. The Morgan fingerprint density at radius 2 is 1.05 bits per heavy atom. The third-order valence-electron chi connectivity index (χ3n) is 8.36. The fourth-order valence-corrected chi connectivity index (χ4v) is 5.05. The topological polar surface area (TPSA) is 172 Å². The van der Waals surface area contributed by atoms with E-state index in [9.17, 15) is 39.0 Å². The molecule has 0 radical (unpaired) electrons. The molecule has 0 aliphatic rings. The molecule has 2 aromatic rings. The Labute approximate surface area is 249 Å². The molecule has 0 saturated heterocycles. The summed E-state index contributed by atoms with van der Waals surface area (Å²) >= 11 is 0. The molecule has 14 heteroatoms. The molecule has 240 valence electrons. The van der Waals surface area contributed by atoms with Crippen molar-refractivity contribution in [2.45, 2.75) is 118 Å². The first-order valence-electron chi connectivity index (χ1n) is 14.6. The summed E-state index contributed by atoms with van der Waals surface area (Å²) in [6.07, 6.45) is 2.22. The van der Waals surface area contributed by atoms with Gasteiger partial charge >= 0.3 is 34.1 Å². The first-order valence-corrected chi connectivity index (χ1v) is 14.6. The van der Waals surface area contributed by atoms with Crippen LogP contribution in [0.25, 0.3) is 0 Å². The Bertz CT molecular complexity index is 1690. The quantitative estimate of drug-likeness (QED) is 0.248. The van der Waals surface area contributed by atoms with Crippen LogP contribution in [0.1, 0.15) is 67.2 Å². The molecule has 0 aliphatic carbocycles. The van der Waals surface area contributed by atoms with E-state index in [0.717, 1.165) is 24.7 Å². The largest absolute Gasteiger partial charge is 0.391 e. The SMILES string of the molecule is C=CCn1c(=O)n(CC(O)Cn2c(=O)n(CC=C)c(=O)n(C(C)(C)CC)c2=O)c(=O)n(CC(O)C(C)(CC)CCC)c1=O. The zero-order chi connectivity index (χ0) is 32.9. The molecule has 3 unspecified atom stereocenters. The van der Waals surface area contributed by atoms with Gasteiger partial charge in [0, 0.05) is 5.54 Å². The Kier molecular flexibility index (Phi) is 11.6. The van der Waals surface area contributed by atoms with Crippen molar-refractivity contribution < 1.29 is 10.2 Å². The second kappa shape index (κ2) is 14.1. The summed E-state index contributed by atoms with van der Waals surface area (Å²) in [5, 5.41) is 22.1. The maximum absolute atomic E-state index is 13.5. The van der Waals surface area contributed by atoms with Gasteiger partial charge in [-0.1, -0.05) is 46.3 Å². The van der Waals surface area contributed by atoms with Gasteiger partial charge in [0.05, 0.1) is 44.9 Å². The summed E-state index contributed by atoms with van der Waals surface area (Å²) in [7, 11) is 0. The Balaban J connectivity index is 2.69. The highest BCUT2D eigenvalue weighted by atomic mass is 16.3. The fourth-order valence-electron chi connectivity index (χ4n) is 5.05. The molecule has 0 saturated carbocycles. The van der Waals surface area contributed by atoms with E-state index in [1.807, 2.05) is 20.8 Å². The van der Waals surface area contributed by atoms with Crippen LogP contribution in [-0.4, -0.2) is 49.8 Å². The average Bonchev–Trinajstić information content (AvgIpc) is 2.95. The number of aliphatic hydroxyl groups is 2. The van der Waals surface area contributed by atoms with Gasteiger partial charge in [0.15, 0.2) is 0 Å². The summed E-state index contributed by atoms with van der Waals surface area (Å²) in [5.41, 5.74) is -7.38. The van der Waals surface area contributed by atoms with E-state index in [1.54, 1.807) is 20.8 Å². The van der Waals surface area contributed by atoms with Crippen LogP contribution in [0.3, 0.4) is 0 Å². The summed E-state index contributed by atoms with van der Waals surface area (Å²) in [5.74, 6) is 0. The first kappa shape index (κ1) is 35.4. The molecule has 0 amide bonds. The van der Waals surface area contributed by atoms with E-state index in [0.29, 0.717) is 28.4 Å². The second-order valence-corrected chi connectivity index (χ2v) is 11.8. The first-order chi connectivity index (χ1) is 20.1. The van der Waals surface area contributed by atoms with Gasteiger partial charge in [-0.2, -0.15) is 0 Å². The third-order valence-corrected chi connectivity index (χ3v) is 8.36. The normalized spacial score (nSPS) is 14.7. The van der Waals surface area contributed by atoms with Crippen LogP contribution in [0.15, 0.2) is 54.1 Å². The number of allylic oxidation sites excluding steroid dienone is 2. The number of nitrogens with zero attached hydrogens (tertiary/aromatic N) is 6. The summed E-state index contributed by atoms with van der Waals surface area (Å²) in [6.45, 7) is 15.7. The molecular formula is C29H46N6O8. The van der Waals surface area contributed by atoms with E-state index >= 15 is 0 Å². The van der Waals surface area contributed by atoms with Crippen molar-refractivity contribution >= 4 is 0 Å². The highest BCUT2D eigenvalue weighted by molar-refractivity contribution is 4.90. The Morgan fingerprint density at radius 3 is 1.47 bits per heavy atom. The molecule has 0 bridgehead atoms. The minimum Gasteiger partial charge on any atom is -0.391 e. The standard InChI is InChI=1S/C29H46N6O8/c1-9-14-29(8,13-5)21(37)19-34-23(39)30(15-10-2)22(38)32(25(34)41)17-20(36)18-33-24(40)31(16-11-3)26(42)35(27(33)43)28(6,7)12-4/h10-11,20-21,36-37H,2-3,9,12-19H2,1,4-8H3. The fraction of sp³-hybridized carbons (Fsp3) is 0.655. The van der Waals surface area contributed by atoms with Crippen molar-refractivity contribution in [2.75, 3.05) is 0 Å². The maximum atomic E-state index is 13.5. The molecular weight excluding hydrogens is 560 g/mol. The minimum absolute atomic E-state index is 0.193. The van der Waals surface area contributed by atoms with Crippen LogP contribution in [0.2, 0.25) is 0 Å². The van der Waals surface area contributed by atoms with E-state index < -0.39 is 76.9 Å². The molecule has 2 rings (SSSR count). The number of hydrogen-bond acceptors (Lipinski definition) is 8. The number of rotatable bonds is 16. The van der Waals surface area contributed by atoms with Gasteiger partial charge in [-0.15, -0.1) is 13.2 Å². The van der Waals surface area contributed by atoms with Gasteiger partial charge in [0.1, 0.15) is 0 Å². The van der Waals surface area contributed by atoms with Crippen LogP contribution in [-0.2, 0) is 38.3 Å². The predicted octanol–water partition coefficient (Wildman–Crippen LogP) is -0.188. The predicted molar refractivity (Wildman–Crippen MR) is 164 cm³/mol. The van der Waals surface area contributed by atoms with Gasteiger partial charge in [-0.25, -0.2) is 56.2 Å². The molecule has 0 spiro atoms. The van der Waals surface area contributed by atoms with Gasteiger partial charge in [0.25, 0.3) is 0 Å². The monoisotopic (exact) mass is 606 g/mol. The number of hydrogen-bond donors (Lipinski definition) is 2. The van der Waals surface area contributed by atoms with E-state index in [4.69, 9.17) is 0 Å². The zero-order valence-electron chi connectivity index (χ0n) is 26.1. The molecule has 14 nitrogen and oxygen atoms in total. The zero-order valence-corrected chi connectivity index (χ0v) is 26.1. The lowest BCUT2D eigenvalue weighted by molar-refractivity contribution is 0.0114. The smallest absolute Gasteiger partial charge is 0.337 e. The van der Waals surface area contributed by atoms with E-state index in [-0.39, 0.29) is 13.1 Å². The molecule has 2 aromatic heterocycles. The maximum Gasteiger partial charge on any atom is 0.337 e. The van der Waals surface area contributed by atoms with Crippen molar-refractivity contribution in [3.63, 3.8) is 0 Å². The summed E-state index contributed by atoms with van der Waals surface area (Å²) in [6, 6.07) is 0. The van der Waals surface area contributed by atoms with Crippen molar-refractivity contribution in [3.05, 3.63) is 88.2 Å². The molecule has 0 aliphatic heterocycles. The van der Waals surface area contributed by atoms with Gasteiger partial charge in [0.2, 0.25) is 0 Å².